The van der Waals surface area contributed by atoms with E-state index >= 15 is 0 Å². The van der Waals surface area contributed by atoms with E-state index in [0.29, 0.717) is 0 Å². The van der Waals surface area contributed by atoms with Gasteiger partial charge in [-0.25, -0.2) is 0 Å². The van der Waals surface area contributed by atoms with Crippen molar-refractivity contribution >= 4 is 10.9 Å². The van der Waals surface area contributed by atoms with Gasteiger partial charge < -0.3 is 9.47 Å². The van der Waals surface area contributed by atoms with Gasteiger partial charge in [-0.15, -0.1) is 0 Å². The van der Waals surface area contributed by atoms with Crippen molar-refractivity contribution in [1.29, 1.82) is 0 Å². The van der Waals surface area contributed by atoms with Gasteiger partial charge in [0, 0.05) is 12.6 Å². The topological polar surface area (TPSA) is 25.2 Å². The van der Waals surface area contributed by atoms with Gasteiger partial charge in [0.2, 0.25) is 0 Å². The number of likely N-dealkylation sites (tertiary alicyclic amines) is 1. The smallest absolute Gasteiger partial charge is 0.251 e. The van der Waals surface area contributed by atoms with Crippen molar-refractivity contribution in [3.05, 3.63) is 46.8 Å². The van der Waals surface area contributed by atoms with Crippen LogP contribution < -0.4 is 5.56 Å². The molecule has 106 valence electrons. The normalized spacial score (nSPS) is 16.6. The van der Waals surface area contributed by atoms with Crippen molar-refractivity contribution in [2.24, 2.45) is 0 Å². The number of aromatic nitrogens is 1. The standard InChI is InChI=1S/C17H22N2O/c20-17-10-9-15-7-2-3-8-16(15)19(17)14-6-13-18-11-4-1-5-12-18/h2-3,7-10H,1,4-6,11-14H2. The van der Waals surface area contributed by atoms with Gasteiger partial charge in [0.15, 0.2) is 0 Å². The van der Waals surface area contributed by atoms with E-state index in [9.17, 15) is 4.79 Å². The SMILES string of the molecule is O=c1ccc2ccccc2n1CCCN1CCCCC1. The second-order valence-electron chi connectivity index (χ2n) is 5.64. The maximum Gasteiger partial charge on any atom is 0.251 e. The van der Waals surface area contributed by atoms with E-state index in [2.05, 4.69) is 11.0 Å². The summed E-state index contributed by atoms with van der Waals surface area (Å²) in [6.45, 7) is 4.38. The van der Waals surface area contributed by atoms with Gasteiger partial charge in [-0.2, -0.15) is 0 Å². The third-order valence-corrected chi connectivity index (χ3v) is 4.20. The van der Waals surface area contributed by atoms with Crippen molar-refractivity contribution < 1.29 is 0 Å². The van der Waals surface area contributed by atoms with Crippen LogP contribution in [0.4, 0.5) is 0 Å². The number of piperidine rings is 1. The highest BCUT2D eigenvalue weighted by atomic mass is 16.1. The largest absolute Gasteiger partial charge is 0.308 e. The molecule has 0 bridgehead atoms. The molecule has 0 radical (unpaired) electrons. The van der Waals surface area contributed by atoms with Gasteiger partial charge in [-0.3, -0.25) is 4.79 Å². The first-order valence-electron chi connectivity index (χ1n) is 7.65. The zero-order valence-electron chi connectivity index (χ0n) is 11.9. The van der Waals surface area contributed by atoms with Crippen molar-refractivity contribution in [3.8, 4) is 0 Å². The molecule has 3 nitrogen and oxygen atoms in total. The van der Waals surface area contributed by atoms with Crippen LogP contribution in [0.15, 0.2) is 41.2 Å². The summed E-state index contributed by atoms with van der Waals surface area (Å²) in [6.07, 6.45) is 5.08. The first-order valence-corrected chi connectivity index (χ1v) is 7.65. The number of rotatable bonds is 4. The van der Waals surface area contributed by atoms with Crippen LogP contribution in [0, 0.1) is 0 Å². The summed E-state index contributed by atoms with van der Waals surface area (Å²) in [4.78, 5) is 14.6. The average molecular weight is 270 g/mol. The summed E-state index contributed by atoms with van der Waals surface area (Å²) >= 11 is 0. The molecule has 0 amide bonds. The predicted molar refractivity (Wildman–Crippen MR) is 83.1 cm³/mol. The monoisotopic (exact) mass is 270 g/mol. The highest BCUT2D eigenvalue weighted by Crippen LogP contribution is 2.12. The first kappa shape index (κ1) is 13.4. The maximum atomic E-state index is 12.1. The van der Waals surface area contributed by atoms with Crippen molar-refractivity contribution in [3.63, 3.8) is 0 Å². The molecule has 2 heterocycles. The zero-order valence-corrected chi connectivity index (χ0v) is 11.9. The van der Waals surface area contributed by atoms with Crippen LogP contribution in [0.3, 0.4) is 0 Å². The lowest BCUT2D eigenvalue weighted by Crippen LogP contribution is -2.31. The Morgan fingerprint density at radius 2 is 1.70 bits per heavy atom. The van der Waals surface area contributed by atoms with Crippen LogP contribution in [0.5, 0.6) is 0 Å². The first-order chi connectivity index (χ1) is 9.84. The summed E-state index contributed by atoms with van der Waals surface area (Å²) < 4.78 is 1.92. The molecule has 1 fully saturated rings. The van der Waals surface area contributed by atoms with Gasteiger partial charge in [-0.05, 0) is 56.4 Å². The van der Waals surface area contributed by atoms with Crippen LogP contribution in [0.2, 0.25) is 0 Å². The minimum absolute atomic E-state index is 0.113. The Morgan fingerprint density at radius 1 is 0.900 bits per heavy atom. The molecule has 20 heavy (non-hydrogen) atoms. The van der Waals surface area contributed by atoms with E-state index in [0.717, 1.165) is 30.4 Å². The number of hydrogen-bond donors (Lipinski definition) is 0. The molecule has 1 aliphatic heterocycles. The fourth-order valence-electron chi connectivity index (χ4n) is 3.11. The molecule has 0 aliphatic carbocycles. The zero-order chi connectivity index (χ0) is 13.8. The van der Waals surface area contributed by atoms with E-state index < -0.39 is 0 Å². The van der Waals surface area contributed by atoms with Gasteiger partial charge in [-0.1, -0.05) is 24.6 Å². The second kappa shape index (κ2) is 6.23. The predicted octanol–water partition coefficient (Wildman–Crippen LogP) is 2.88. The quantitative estimate of drug-likeness (QED) is 0.853. The minimum Gasteiger partial charge on any atom is -0.308 e. The molecule has 0 unspecified atom stereocenters. The lowest BCUT2D eigenvalue weighted by Gasteiger charge is -2.26. The lowest BCUT2D eigenvalue weighted by atomic mass is 10.1. The highest BCUT2D eigenvalue weighted by Gasteiger charge is 2.09. The Hall–Kier alpha value is -1.61. The van der Waals surface area contributed by atoms with E-state index in [1.807, 2.05) is 28.8 Å². The summed E-state index contributed by atoms with van der Waals surface area (Å²) in [7, 11) is 0. The van der Waals surface area contributed by atoms with Crippen LogP contribution in [-0.4, -0.2) is 29.1 Å². The number of para-hydroxylation sites is 1. The van der Waals surface area contributed by atoms with Gasteiger partial charge in [0.25, 0.3) is 5.56 Å². The molecule has 1 saturated heterocycles. The van der Waals surface area contributed by atoms with E-state index in [1.54, 1.807) is 6.07 Å². The maximum absolute atomic E-state index is 12.1. The van der Waals surface area contributed by atoms with Gasteiger partial charge >= 0.3 is 0 Å². The van der Waals surface area contributed by atoms with E-state index in [4.69, 9.17) is 0 Å². The number of aryl methyl sites for hydroxylation is 1. The molecule has 0 spiro atoms. The molecule has 1 aliphatic rings. The molecule has 1 aromatic carbocycles. The van der Waals surface area contributed by atoms with Crippen molar-refractivity contribution in [2.75, 3.05) is 19.6 Å². The average Bonchev–Trinajstić information content (AvgIpc) is 2.50. The summed E-state index contributed by atoms with van der Waals surface area (Å²) in [6, 6.07) is 11.7. The molecule has 3 heteroatoms. The molecule has 3 rings (SSSR count). The van der Waals surface area contributed by atoms with Gasteiger partial charge in [0.1, 0.15) is 0 Å². The third kappa shape index (κ3) is 2.93. The van der Waals surface area contributed by atoms with Gasteiger partial charge in [0.05, 0.1) is 5.52 Å². The minimum atomic E-state index is 0.113. The van der Waals surface area contributed by atoms with E-state index in [1.165, 1.54) is 32.4 Å². The van der Waals surface area contributed by atoms with E-state index in [-0.39, 0.29) is 5.56 Å². The Morgan fingerprint density at radius 3 is 2.55 bits per heavy atom. The molecule has 1 aromatic heterocycles. The molecular formula is C17H22N2O. The van der Waals surface area contributed by atoms with Crippen LogP contribution in [0.1, 0.15) is 25.7 Å². The Balaban J connectivity index is 1.70. The molecule has 0 N–H and O–H groups in total. The van der Waals surface area contributed by atoms with Crippen molar-refractivity contribution in [1.82, 2.24) is 9.47 Å². The third-order valence-electron chi connectivity index (χ3n) is 4.20. The summed E-state index contributed by atoms with van der Waals surface area (Å²) in [5, 5.41) is 1.14. The number of hydrogen-bond acceptors (Lipinski definition) is 2. The lowest BCUT2D eigenvalue weighted by molar-refractivity contribution is 0.223. The number of pyridine rings is 1. The van der Waals surface area contributed by atoms with Crippen LogP contribution in [-0.2, 0) is 6.54 Å². The van der Waals surface area contributed by atoms with Crippen LogP contribution >= 0.6 is 0 Å². The number of benzene rings is 1. The highest BCUT2D eigenvalue weighted by molar-refractivity contribution is 5.78. The Bertz CT molecular complexity index is 626. The molecular weight excluding hydrogens is 248 g/mol. The molecule has 2 aromatic rings. The Labute approximate surface area is 119 Å². The molecule has 0 atom stereocenters. The second-order valence-corrected chi connectivity index (χ2v) is 5.64. The molecule has 0 saturated carbocycles. The number of fused-ring (bicyclic) bond motifs is 1. The summed E-state index contributed by atoms with van der Waals surface area (Å²) in [5.74, 6) is 0. The Kier molecular flexibility index (Phi) is 4.16. The fourth-order valence-corrected chi connectivity index (χ4v) is 3.11. The van der Waals surface area contributed by atoms with Crippen LogP contribution in [0.25, 0.3) is 10.9 Å². The number of nitrogens with zero attached hydrogens (tertiary/aromatic N) is 2. The summed E-state index contributed by atoms with van der Waals surface area (Å²) in [5.41, 5.74) is 1.17. The van der Waals surface area contributed by atoms with Crippen molar-refractivity contribution in [2.45, 2.75) is 32.2 Å². The fraction of sp³-hybridized carbons (Fsp3) is 0.471.